The molecule has 1 aliphatic rings. The number of aryl methyl sites for hydroxylation is 1. The molecule has 0 saturated carbocycles. The van der Waals surface area contributed by atoms with E-state index in [-0.39, 0.29) is 12.4 Å². The van der Waals surface area contributed by atoms with E-state index in [1.165, 1.54) is 11.3 Å². The largest absolute Gasteiger partial charge is 0.395 e. The van der Waals surface area contributed by atoms with Crippen LogP contribution in [0.5, 0.6) is 0 Å². The molecule has 5 rings (SSSR count). The Kier molecular flexibility index (Phi) is 5.86. The van der Waals surface area contributed by atoms with Gasteiger partial charge in [-0.25, -0.2) is 9.97 Å². The standard InChI is InChI=1S/C23H24ClN5O2S/c1-28-19-5-2-15(20(31)10-14-6-7-29(13-14)8-9-30)11-18(19)25-22(28)27-23-26-17-4-3-16(24)12-21(17)32-23/h2-5,11-12,14,30H,6-10,13H2,1H3,(H,25,26,27)/t14-/m0/s1. The van der Waals surface area contributed by atoms with Crippen LogP contribution in [0, 0.1) is 5.92 Å². The van der Waals surface area contributed by atoms with Gasteiger partial charge in [-0.15, -0.1) is 0 Å². The van der Waals surface area contributed by atoms with E-state index in [1.54, 1.807) is 0 Å². The number of carbonyl (C=O) groups is 1. The SMILES string of the molecule is Cn1c(Nc2nc3ccc(Cl)cc3s2)nc2cc(C(=O)C[C@@H]3CCN(CCO)C3)ccc21. The van der Waals surface area contributed by atoms with Crippen LogP contribution >= 0.6 is 22.9 Å². The second kappa shape index (κ2) is 8.78. The van der Waals surface area contributed by atoms with Crippen molar-refractivity contribution in [2.75, 3.05) is 31.6 Å². The Morgan fingerprint density at radius 3 is 2.97 bits per heavy atom. The van der Waals surface area contributed by atoms with Crippen molar-refractivity contribution in [1.82, 2.24) is 19.4 Å². The number of nitrogens with zero attached hydrogens (tertiary/aromatic N) is 4. The number of β-amino-alcohol motifs (C(OH)–C–C–N with tert-alkyl or cyclic N) is 1. The summed E-state index contributed by atoms with van der Waals surface area (Å²) in [6.45, 7) is 2.67. The van der Waals surface area contributed by atoms with Crippen LogP contribution in [0.4, 0.5) is 11.1 Å². The molecule has 0 bridgehead atoms. The number of fused-ring (bicyclic) bond motifs is 2. The number of ketones is 1. The zero-order valence-corrected chi connectivity index (χ0v) is 19.3. The molecule has 32 heavy (non-hydrogen) atoms. The number of nitrogens with one attached hydrogen (secondary N) is 1. The Bertz CT molecular complexity index is 1300. The third-order valence-electron chi connectivity index (χ3n) is 6.03. The summed E-state index contributed by atoms with van der Waals surface area (Å²) in [5.41, 5.74) is 3.30. The number of aliphatic hydroxyl groups excluding tert-OH is 1. The van der Waals surface area contributed by atoms with Crippen LogP contribution in [0.3, 0.4) is 0 Å². The Labute approximate surface area is 194 Å². The molecule has 0 amide bonds. The van der Waals surface area contributed by atoms with E-state index in [0.717, 1.165) is 45.9 Å². The monoisotopic (exact) mass is 469 g/mol. The molecule has 1 aliphatic heterocycles. The number of Topliss-reactive ketones (excluding diaryl/α,β-unsaturated/α-hetero) is 1. The number of imidazole rings is 1. The molecule has 166 valence electrons. The van der Waals surface area contributed by atoms with E-state index >= 15 is 0 Å². The van der Waals surface area contributed by atoms with E-state index in [4.69, 9.17) is 21.7 Å². The first kappa shape index (κ1) is 21.3. The van der Waals surface area contributed by atoms with Crippen molar-refractivity contribution in [3.8, 4) is 0 Å². The fraction of sp³-hybridized carbons (Fsp3) is 0.348. The number of benzene rings is 2. The summed E-state index contributed by atoms with van der Waals surface area (Å²) in [7, 11) is 1.94. The first-order chi connectivity index (χ1) is 15.5. The maximum Gasteiger partial charge on any atom is 0.209 e. The maximum absolute atomic E-state index is 12.9. The van der Waals surface area contributed by atoms with Gasteiger partial charge in [-0.1, -0.05) is 22.9 Å². The summed E-state index contributed by atoms with van der Waals surface area (Å²) in [6.07, 6.45) is 1.53. The summed E-state index contributed by atoms with van der Waals surface area (Å²) >= 11 is 7.60. The van der Waals surface area contributed by atoms with Crippen molar-refractivity contribution >= 4 is 61.1 Å². The molecule has 1 saturated heterocycles. The van der Waals surface area contributed by atoms with Gasteiger partial charge in [-0.3, -0.25) is 4.79 Å². The third kappa shape index (κ3) is 4.23. The van der Waals surface area contributed by atoms with Gasteiger partial charge in [0.2, 0.25) is 5.95 Å². The molecule has 0 aliphatic carbocycles. The van der Waals surface area contributed by atoms with Crippen LogP contribution in [-0.4, -0.2) is 56.6 Å². The predicted molar refractivity (Wildman–Crippen MR) is 129 cm³/mol. The van der Waals surface area contributed by atoms with Crippen molar-refractivity contribution in [2.45, 2.75) is 12.8 Å². The molecule has 3 heterocycles. The number of hydrogen-bond acceptors (Lipinski definition) is 7. The average Bonchev–Trinajstić information content (AvgIpc) is 3.46. The highest BCUT2D eigenvalue weighted by Crippen LogP contribution is 2.31. The third-order valence-corrected chi connectivity index (χ3v) is 7.20. The fourth-order valence-corrected chi connectivity index (χ4v) is 5.47. The van der Waals surface area contributed by atoms with Gasteiger partial charge in [0.1, 0.15) is 0 Å². The number of carbonyl (C=O) groups excluding carboxylic acids is 1. The number of halogens is 1. The van der Waals surface area contributed by atoms with Gasteiger partial charge in [0.15, 0.2) is 10.9 Å². The Morgan fingerprint density at radius 2 is 2.12 bits per heavy atom. The number of rotatable bonds is 7. The smallest absolute Gasteiger partial charge is 0.209 e. The molecule has 7 nitrogen and oxygen atoms in total. The first-order valence-corrected chi connectivity index (χ1v) is 11.9. The summed E-state index contributed by atoms with van der Waals surface area (Å²) < 4.78 is 2.97. The minimum absolute atomic E-state index is 0.144. The van der Waals surface area contributed by atoms with Crippen molar-refractivity contribution in [2.24, 2.45) is 13.0 Å². The second-order valence-corrected chi connectivity index (χ2v) is 9.73. The lowest BCUT2D eigenvalue weighted by molar-refractivity contribution is 0.0961. The molecule has 2 aromatic heterocycles. The topological polar surface area (TPSA) is 83.3 Å². The number of thiazole rings is 1. The molecule has 0 radical (unpaired) electrons. The molecule has 1 fully saturated rings. The Hall–Kier alpha value is -2.52. The van der Waals surface area contributed by atoms with Gasteiger partial charge in [0.05, 0.1) is 27.9 Å². The number of likely N-dealkylation sites (tertiary alicyclic amines) is 1. The highest BCUT2D eigenvalue weighted by Gasteiger charge is 2.25. The molecule has 4 aromatic rings. The average molecular weight is 470 g/mol. The Balaban J connectivity index is 1.34. The molecule has 1 atom stereocenters. The van der Waals surface area contributed by atoms with E-state index in [2.05, 4.69) is 15.2 Å². The van der Waals surface area contributed by atoms with Crippen molar-refractivity contribution in [3.63, 3.8) is 0 Å². The second-order valence-electron chi connectivity index (χ2n) is 8.26. The van der Waals surface area contributed by atoms with E-state index in [9.17, 15) is 4.79 Å². The molecular formula is C23H24ClN5O2S. The molecule has 0 unspecified atom stereocenters. The lowest BCUT2D eigenvalue weighted by Crippen LogP contribution is -2.24. The van der Waals surface area contributed by atoms with Crippen LogP contribution in [0.2, 0.25) is 5.02 Å². The molecule has 0 spiro atoms. The number of hydrogen-bond donors (Lipinski definition) is 2. The number of aliphatic hydroxyl groups is 1. The number of aromatic nitrogens is 3. The van der Waals surface area contributed by atoms with Gasteiger partial charge in [-0.05, 0) is 55.3 Å². The quantitative estimate of drug-likeness (QED) is 0.389. The fourth-order valence-electron chi connectivity index (χ4n) is 4.34. The van der Waals surface area contributed by atoms with E-state index in [1.807, 2.05) is 48.0 Å². The zero-order valence-electron chi connectivity index (χ0n) is 17.7. The van der Waals surface area contributed by atoms with Crippen LogP contribution in [0.1, 0.15) is 23.2 Å². The summed E-state index contributed by atoms with van der Waals surface area (Å²) in [4.78, 5) is 24.4. The first-order valence-electron chi connectivity index (χ1n) is 10.7. The van der Waals surface area contributed by atoms with Crippen molar-refractivity contribution in [1.29, 1.82) is 0 Å². The van der Waals surface area contributed by atoms with Crippen molar-refractivity contribution < 1.29 is 9.90 Å². The molecule has 2 N–H and O–H groups in total. The van der Waals surface area contributed by atoms with Crippen LogP contribution in [0.25, 0.3) is 21.3 Å². The normalized spacial score (nSPS) is 16.9. The van der Waals surface area contributed by atoms with Crippen molar-refractivity contribution in [3.05, 3.63) is 47.0 Å². The van der Waals surface area contributed by atoms with E-state index < -0.39 is 0 Å². The molecular weight excluding hydrogens is 446 g/mol. The summed E-state index contributed by atoms with van der Waals surface area (Å²) in [5.74, 6) is 1.16. The highest BCUT2D eigenvalue weighted by molar-refractivity contribution is 7.22. The summed E-state index contributed by atoms with van der Waals surface area (Å²) in [6, 6.07) is 11.3. The summed E-state index contributed by atoms with van der Waals surface area (Å²) in [5, 5.41) is 13.8. The number of anilines is 2. The van der Waals surface area contributed by atoms with Gasteiger partial charge in [0, 0.05) is 37.1 Å². The molecule has 9 heteroatoms. The minimum atomic E-state index is 0.144. The van der Waals surface area contributed by atoms with Gasteiger partial charge >= 0.3 is 0 Å². The van der Waals surface area contributed by atoms with E-state index in [0.29, 0.717) is 35.4 Å². The van der Waals surface area contributed by atoms with Gasteiger partial charge in [0.25, 0.3) is 0 Å². The van der Waals surface area contributed by atoms with Crippen LogP contribution in [0.15, 0.2) is 36.4 Å². The van der Waals surface area contributed by atoms with Crippen LogP contribution < -0.4 is 5.32 Å². The minimum Gasteiger partial charge on any atom is -0.395 e. The highest BCUT2D eigenvalue weighted by atomic mass is 35.5. The maximum atomic E-state index is 12.9. The van der Waals surface area contributed by atoms with Gasteiger partial charge < -0.3 is 19.9 Å². The Morgan fingerprint density at radius 1 is 1.25 bits per heavy atom. The zero-order chi connectivity index (χ0) is 22.2. The lowest BCUT2D eigenvalue weighted by Gasteiger charge is -2.13. The van der Waals surface area contributed by atoms with Crippen LogP contribution in [-0.2, 0) is 7.05 Å². The molecule has 2 aromatic carbocycles. The predicted octanol–water partition coefficient (Wildman–Crippen LogP) is 4.47. The lowest BCUT2D eigenvalue weighted by atomic mass is 9.97. The van der Waals surface area contributed by atoms with Gasteiger partial charge in [-0.2, -0.15) is 0 Å².